The van der Waals surface area contributed by atoms with Gasteiger partial charge >= 0.3 is 0 Å². The van der Waals surface area contributed by atoms with E-state index in [1.807, 2.05) is 0 Å². The number of nitrogens with one attached hydrogen (secondary N) is 2. The van der Waals surface area contributed by atoms with E-state index in [9.17, 15) is 0 Å². The fraction of sp³-hybridized carbons (Fsp3) is 0.500. The van der Waals surface area contributed by atoms with Crippen molar-refractivity contribution in [1.29, 1.82) is 0 Å². The number of unbranched alkanes of at least 4 members (excludes halogenated alkanes) is 8. The molecule has 402 valence electrons. The zero-order valence-electron chi connectivity index (χ0n) is 47.4. The SMILES string of the molecule is CCCCN(CCCC)c1cccc2c1-c1nc-2nc2[nH]c(nc3nc(nc4[nH]c(n1)c1c(N(CCCC)CCCC)cccc41)-c1cccc(N(CCCC)CCCC)c1-3)c1c(N(CCCC)CCCC)cccc21. The second kappa shape index (κ2) is 26.0. The predicted molar refractivity (Wildman–Crippen MR) is 324 cm³/mol. The van der Waals surface area contributed by atoms with Crippen molar-refractivity contribution in [3.63, 3.8) is 0 Å². The summed E-state index contributed by atoms with van der Waals surface area (Å²) in [6, 6.07) is 26.6. The van der Waals surface area contributed by atoms with E-state index in [2.05, 4.69) is 158 Å². The maximum atomic E-state index is 5.74. The average molecular weight is 1020 g/mol. The van der Waals surface area contributed by atoms with Crippen molar-refractivity contribution in [2.45, 2.75) is 158 Å². The Hall–Kier alpha value is -6.56. The molecule has 5 heterocycles. The number of nitrogens with zero attached hydrogens (tertiary/aromatic N) is 10. The third-order valence-electron chi connectivity index (χ3n) is 15.5. The molecule has 76 heavy (non-hydrogen) atoms. The van der Waals surface area contributed by atoms with Gasteiger partial charge in [-0.1, -0.05) is 155 Å². The lowest BCUT2D eigenvalue weighted by Gasteiger charge is -2.27. The highest BCUT2D eigenvalue weighted by molar-refractivity contribution is 6.13. The zero-order chi connectivity index (χ0) is 53.0. The number of fused-ring (bicyclic) bond motifs is 20. The topological polar surface area (TPSA) is 122 Å². The fourth-order valence-corrected chi connectivity index (χ4v) is 11.2. The molecule has 0 fully saturated rings. The van der Waals surface area contributed by atoms with Crippen molar-refractivity contribution in [3.05, 3.63) is 72.8 Å². The second-order valence-corrected chi connectivity index (χ2v) is 21.2. The van der Waals surface area contributed by atoms with Crippen LogP contribution in [0.4, 0.5) is 22.7 Å². The van der Waals surface area contributed by atoms with Crippen LogP contribution in [0.25, 0.3) is 89.7 Å². The molecular formula is C64H86N12. The summed E-state index contributed by atoms with van der Waals surface area (Å²) in [6.45, 7) is 25.9. The van der Waals surface area contributed by atoms with Gasteiger partial charge in [-0.15, -0.1) is 0 Å². The predicted octanol–water partition coefficient (Wildman–Crippen LogP) is 16.5. The third-order valence-corrected chi connectivity index (χ3v) is 15.5. The molecule has 12 nitrogen and oxygen atoms in total. The van der Waals surface area contributed by atoms with Gasteiger partial charge in [0.15, 0.2) is 23.3 Å². The van der Waals surface area contributed by atoms with Gasteiger partial charge in [0.1, 0.15) is 22.6 Å². The van der Waals surface area contributed by atoms with E-state index < -0.39 is 0 Å². The van der Waals surface area contributed by atoms with Crippen molar-refractivity contribution in [1.82, 2.24) is 39.9 Å². The summed E-state index contributed by atoms with van der Waals surface area (Å²) in [5, 5.41) is 4.12. The van der Waals surface area contributed by atoms with E-state index in [0.717, 1.165) is 244 Å². The molecule has 0 aliphatic carbocycles. The van der Waals surface area contributed by atoms with Crippen LogP contribution < -0.4 is 19.6 Å². The van der Waals surface area contributed by atoms with Crippen LogP contribution in [-0.2, 0) is 0 Å². The summed E-state index contributed by atoms with van der Waals surface area (Å²) in [6.07, 6.45) is 17.7. The minimum Gasteiger partial charge on any atom is -0.371 e. The Labute approximate surface area is 453 Å². The van der Waals surface area contributed by atoms with Gasteiger partial charge in [0.05, 0.1) is 21.9 Å². The number of aromatic amines is 2. The third kappa shape index (κ3) is 11.4. The molecule has 0 saturated heterocycles. The first-order valence-electron chi connectivity index (χ1n) is 29.7. The highest BCUT2D eigenvalue weighted by atomic mass is 15.2. The van der Waals surface area contributed by atoms with Crippen LogP contribution in [0.5, 0.6) is 0 Å². The van der Waals surface area contributed by atoms with Gasteiger partial charge in [-0.3, -0.25) is 0 Å². The smallest absolute Gasteiger partial charge is 0.166 e. The van der Waals surface area contributed by atoms with E-state index in [1.54, 1.807) is 0 Å². The highest BCUT2D eigenvalue weighted by Gasteiger charge is 2.29. The first-order chi connectivity index (χ1) is 37.4. The van der Waals surface area contributed by atoms with Crippen LogP contribution in [0.15, 0.2) is 72.8 Å². The highest BCUT2D eigenvalue weighted by Crippen LogP contribution is 2.45. The van der Waals surface area contributed by atoms with Crippen LogP contribution in [0.3, 0.4) is 0 Å². The molecule has 0 saturated carbocycles. The Morgan fingerprint density at radius 3 is 0.895 bits per heavy atom. The number of H-pyrrole nitrogens is 2. The monoisotopic (exact) mass is 1020 g/mol. The Morgan fingerprint density at radius 1 is 0.303 bits per heavy atom. The van der Waals surface area contributed by atoms with Crippen molar-refractivity contribution < 1.29 is 0 Å². The maximum Gasteiger partial charge on any atom is 0.166 e. The van der Waals surface area contributed by atoms with Crippen LogP contribution >= 0.6 is 0 Å². The zero-order valence-corrected chi connectivity index (χ0v) is 47.4. The molecule has 4 aromatic carbocycles. The second-order valence-electron chi connectivity index (χ2n) is 21.2. The summed E-state index contributed by atoms with van der Waals surface area (Å²) < 4.78 is 0. The van der Waals surface area contributed by atoms with E-state index in [0.29, 0.717) is 23.3 Å². The standard InChI is InChI=1S/C64H86N12/c1-9-17-37-73(38-18-10-2)49-33-25-29-45-53(49)61-67-57(45)65-58-47-31-27-35-51(75(41-21-13-5)42-22-14-6)55(47)63(69-58)72-64-56-48(32-28-36-52(56)76(43-23-15-7)44-24-16-8)60(70-64)66-59-46-30-26-34-50(54(46)62(68-59)71-61)74(39-19-11-3)40-20-12-4/h25-36H,9-24,37-44H2,1-8H3,(H2,65,66,67,68,69,70,71,72). The first-order valence-corrected chi connectivity index (χ1v) is 29.7. The van der Waals surface area contributed by atoms with Crippen LogP contribution in [0, 0.1) is 0 Å². The van der Waals surface area contributed by atoms with E-state index >= 15 is 0 Å². The van der Waals surface area contributed by atoms with E-state index in [1.165, 1.54) is 0 Å². The Bertz CT molecular complexity index is 2980. The fourth-order valence-electron chi connectivity index (χ4n) is 11.2. The van der Waals surface area contributed by atoms with Crippen LogP contribution in [0.1, 0.15) is 158 Å². The molecule has 8 bridgehead atoms. The largest absolute Gasteiger partial charge is 0.371 e. The van der Waals surface area contributed by atoms with Gasteiger partial charge in [0.25, 0.3) is 0 Å². The van der Waals surface area contributed by atoms with Crippen molar-refractivity contribution in [2.75, 3.05) is 72.0 Å². The lowest BCUT2D eigenvalue weighted by atomic mass is 10.0. The Kier molecular flexibility index (Phi) is 18.5. The summed E-state index contributed by atoms with van der Waals surface area (Å²) in [5.41, 5.74) is 11.6. The molecule has 2 N–H and O–H groups in total. The molecule has 3 aromatic heterocycles. The van der Waals surface area contributed by atoms with Gasteiger partial charge in [-0.05, 0) is 75.6 Å². The normalized spacial score (nSPS) is 11.9. The van der Waals surface area contributed by atoms with Gasteiger partial charge < -0.3 is 29.6 Å². The van der Waals surface area contributed by atoms with Crippen LogP contribution in [0.2, 0.25) is 0 Å². The van der Waals surface area contributed by atoms with Crippen molar-refractivity contribution >= 4 is 66.9 Å². The Balaban J connectivity index is 1.45. The van der Waals surface area contributed by atoms with Gasteiger partial charge in [0.2, 0.25) is 0 Å². The molecule has 2 aliphatic heterocycles. The summed E-state index contributed by atoms with van der Waals surface area (Å²) in [4.78, 5) is 51.9. The van der Waals surface area contributed by atoms with Gasteiger partial charge in [-0.25, -0.2) is 29.9 Å². The number of anilines is 4. The van der Waals surface area contributed by atoms with E-state index in [4.69, 9.17) is 29.9 Å². The quantitative estimate of drug-likeness (QED) is 0.0490. The average Bonchev–Trinajstić information content (AvgIpc) is 4.20. The molecule has 0 spiro atoms. The molecular weight excluding hydrogens is 937 g/mol. The summed E-state index contributed by atoms with van der Waals surface area (Å²) in [5.74, 6) is 2.59. The number of hydrogen-bond donors (Lipinski definition) is 2. The number of rotatable bonds is 28. The molecule has 7 aromatic rings. The Morgan fingerprint density at radius 2 is 0.579 bits per heavy atom. The number of hydrogen-bond acceptors (Lipinski definition) is 10. The molecule has 2 aliphatic rings. The lowest BCUT2D eigenvalue weighted by molar-refractivity contribution is 0.678. The molecule has 0 atom stereocenters. The molecule has 9 rings (SSSR count). The van der Waals surface area contributed by atoms with Crippen LogP contribution in [-0.4, -0.2) is 92.2 Å². The first kappa shape index (κ1) is 54.2. The maximum absolute atomic E-state index is 5.74. The van der Waals surface area contributed by atoms with Crippen molar-refractivity contribution in [2.24, 2.45) is 0 Å². The molecule has 0 amide bonds. The van der Waals surface area contributed by atoms with Crippen molar-refractivity contribution in [3.8, 4) is 45.6 Å². The van der Waals surface area contributed by atoms with Gasteiger partial charge in [-0.2, -0.15) is 0 Å². The number of benzene rings is 4. The summed E-state index contributed by atoms with van der Waals surface area (Å²) >= 11 is 0. The van der Waals surface area contributed by atoms with Gasteiger partial charge in [0, 0.05) is 97.0 Å². The molecule has 0 unspecified atom stereocenters. The number of aromatic nitrogens is 8. The molecule has 12 heteroatoms. The summed E-state index contributed by atoms with van der Waals surface area (Å²) in [7, 11) is 0. The molecule has 0 radical (unpaired) electrons. The lowest BCUT2D eigenvalue weighted by Crippen LogP contribution is -2.26. The minimum absolute atomic E-state index is 0.639. The van der Waals surface area contributed by atoms with E-state index in [-0.39, 0.29) is 0 Å². The minimum atomic E-state index is 0.639.